The molecule has 0 saturated heterocycles. The lowest BCUT2D eigenvalue weighted by Gasteiger charge is -2.08. The minimum Gasteiger partial charge on any atom is -0.368 e. The van der Waals surface area contributed by atoms with Crippen LogP contribution in [0.15, 0.2) is 36.7 Å². The molecule has 0 aliphatic carbocycles. The van der Waals surface area contributed by atoms with Gasteiger partial charge in [-0.05, 0) is 30.7 Å². The Morgan fingerprint density at radius 1 is 1.25 bits per heavy atom. The highest BCUT2D eigenvalue weighted by Crippen LogP contribution is 2.24. The molecule has 0 radical (unpaired) electrons. The summed E-state index contributed by atoms with van der Waals surface area (Å²) in [4.78, 5) is 4.61. The predicted octanol–water partition coefficient (Wildman–Crippen LogP) is 2.90. The number of rotatable bonds is 4. The monoisotopic (exact) mass is 287 g/mol. The van der Waals surface area contributed by atoms with E-state index in [4.69, 9.17) is 11.6 Å². The van der Waals surface area contributed by atoms with Crippen LogP contribution in [0.1, 0.15) is 5.56 Å². The van der Waals surface area contributed by atoms with Crippen LogP contribution in [0.25, 0.3) is 10.9 Å². The topological polar surface area (TPSA) is 55.6 Å². The fourth-order valence-electron chi connectivity index (χ4n) is 2.05. The van der Waals surface area contributed by atoms with E-state index in [9.17, 15) is 0 Å². The largest absolute Gasteiger partial charge is 0.368 e. The third-order valence-corrected chi connectivity index (χ3v) is 3.58. The molecule has 0 unspecified atom stereocenters. The van der Waals surface area contributed by atoms with E-state index in [1.54, 1.807) is 10.9 Å². The Bertz CT molecular complexity index is 724. The second kappa shape index (κ2) is 5.46. The summed E-state index contributed by atoms with van der Waals surface area (Å²) < 4.78 is 1.77. The number of aryl methyl sites for hydroxylation is 1. The van der Waals surface area contributed by atoms with Gasteiger partial charge in [-0.25, -0.2) is 4.98 Å². The lowest BCUT2D eigenvalue weighted by Crippen LogP contribution is -2.11. The van der Waals surface area contributed by atoms with Gasteiger partial charge in [0.25, 0.3) is 0 Å². The number of anilines is 1. The van der Waals surface area contributed by atoms with Crippen LogP contribution < -0.4 is 5.32 Å². The van der Waals surface area contributed by atoms with E-state index < -0.39 is 0 Å². The van der Waals surface area contributed by atoms with Crippen molar-refractivity contribution in [3.05, 3.63) is 47.2 Å². The van der Waals surface area contributed by atoms with Crippen molar-refractivity contribution in [2.75, 3.05) is 11.9 Å². The molecule has 3 aromatic rings. The Balaban J connectivity index is 1.77. The number of aromatic nitrogens is 4. The van der Waals surface area contributed by atoms with Crippen LogP contribution in [-0.4, -0.2) is 26.5 Å². The van der Waals surface area contributed by atoms with E-state index in [0.717, 1.165) is 40.4 Å². The first-order valence-electron chi connectivity index (χ1n) is 6.38. The molecular formula is C14H14ClN5. The molecule has 0 aliphatic rings. The van der Waals surface area contributed by atoms with Gasteiger partial charge in [-0.15, -0.1) is 5.10 Å². The first-order chi connectivity index (χ1) is 9.74. The Labute approximate surface area is 121 Å². The number of nitrogens with one attached hydrogen (secondary N) is 1. The Morgan fingerprint density at radius 3 is 2.90 bits per heavy atom. The molecule has 0 atom stereocenters. The molecule has 0 amide bonds. The fraction of sp³-hybridized carbons (Fsp3) is 0.214. The van der Waals surface area contributed by atoms with Crippen molar-refractivity contribution in [1.82, 2.24) is 20.0 Å². The second-order valence-electron chi connectivity index (χ2n) is 4.53. The van der Waals surface area contributed by atoms with Crippen molar-refractivity contribution >= 4 is 28.3 Å². The number of halogens is 1. The van der Waals surface area contributed by atoms with Crippen LogP contribution in [0.2, 0.25) is 5.02 Å². The molecule has 6 heteroatoms. The van der Waals surface area contributed by atoms with Crippen LogP contribution in [0.3, 0.4) is 0 Å². The minimum atomic E-state index is 0.738. The average Bonchev–Trinajstić information content (AvgIpc) is 2.97. The predicted molar refractivity (Wildman–Crippen MR) is 80.0 cm³/mol. The van der Waals surface area contributed by atoms with Crippen molar-refractivity contribution in [1.29, 1.82) is 0 Å². The molecule has 20 heavy (non-hydrogen) atoms. The van der Waals surface area contributed by atoms with Crippen LogP contribution in [-0.2, 0) is 6.54 Å². The van der Waals surface area contributed by atoms with Crippen molar-refractivity contribution in [3.8, 4) is 0 Å². The van der Waals surface area contributed by atoms with E-state index in [1.165, 1.54) is 0 Å². The maximum atomic E-state index is 6.13. The molecule has 2 heterocycles. The summed E-state index contributed by atoms with van der Waals surface area (Å²) in [6.07, 6.45) is 3.50. The van der Waals surface area contributed by atoms with Gasteiger partial charge in [0.05, 0.1) is 18.3 Å². The van der Waals surface area contributed by atoms with Gasteiger partial charge in [-0.3, -0.25) is 4.68 Å². The number of pyridine rings is 1. The van der Waals surface area contributed by atoms with Gasteiger partial charge >= 0.3 is 0 Å². The number of hydrogen-bond donors (Lipinski definition) is 1. The van der Waals surface area contributed by atoms with E-state index in [-0.39, 0.29) is 0 Å². The van der Waals surface area contributed by atoms with Crippen LogP contribution >= 0.6 is 11.6 Å². The van der Waals surface area contributed by atoms with Gasteiger partial charge in [0.1, 0.15) is 5.82 Å². The standard InChI is InChI=1S/C14H14ClN5/c1-10-12(15)4-2-11-3-5-13(18-14(10)11)16-6-8-20-9-7-17-19-20/h2-5,7,9H,6,8H2,1H3,(H,16,18). The molecule has 0 spiro atoms. The maximum Gasteiger partial charge on any atom is 0.126 e. The highest BCUT2D eigenvalue weighted by Gasteiger charge is 2.04. The number of nitrogens with zero attached hydrogens (tertiary/aromatic N) is 4. The van der Waals surface area contributed by atoms with Gasteiger partial charge in [-0.1, -0.05) is 22.9 Å². The quantitative estimate of drug-likeness (QED) is 0.802. The van der Waals surface area contributed by atoms with Gasteiger partial charge < -0.3 is 5.32 Å². The third kappa shape index (κ3) is 2.58. The van der Waals surface area contributed by atoms with Gasteiger partial charge in [0.2, 0.25) is 0 Å². The van der Waals surface area contributed by atoms with E-state index in [2.05, 4.69) is 20.6 Å². The summed E-state index contributed by atoms with van der Waals surface area (Å²) in [5.74, 6) is 0.836. The van der Waals surface area contributed by atoms with Crippen molar-refractivity contribution < 1.29 is 0 Å². The number of fused-ring (bicyclic) bond motifs is 1. The highest BCUT2D eigenvalue weighted by atomic mass is 35.5. The number of benzene rings is 1. The smallest absolute Gasteiger partial charge is 0.126 e. The highest BCUT2D eigenvalue weighted by molar-refractivity contribution is 6.32. The fourth-order valence-corrected chi connectivity index (χ4v) is 2.21. The van der Waals surface area contributed by atoms with Crippen LogP contribution in [0.4, 0.5) is 5.82 Å². The van der Waals surface area contributed by atoms with E-state index in [1.807, 2.05) is 37.4 Å². The summed E-state index contributed by atoms with van der Waals surface area (Å²) in [6, 6.07) is 7.90. The molecule has 1 N–H and O–H groups in total. The minimum absolute atomic E-state index is 0.738. The number of hydrogen-bond acceptors (Lipinski definition) is 4. The molecule has 5 nitrogen and oxygen atoms in total. The van der Waals surface area contributed by atoms with Crippen LogP contribution in [0, 0.1) is 6.92 Å². The zero-order valence-electron chi connectivity index (χ0n) is 11.0. The molecular weight excluding hydrogens is 274 g/mol. The summed E-state index contributed by atoms with van der Waals surface area (Å²) in [5.41, 5.74) is 1.94. The van der Waals surface area contributed by atoms with E-state index in [0.29, 0.717) is 0 Å². The molecule has 1 aromatic carbocycles. The first-order valence-corrected chi connectivity index (χ1v) is 6.76. The normalized spacial score (nSPS) is 10.9. The van der Waals surface area contributed by atoms with Crippen molar-refractivity contribution in [2.45, 2.75) is 13.5 Å². The third-order valence-electron chi connectivity index (χ3n) is 3.17. The van der Waals surface area contributed by atoms with Gasteiger partial charge in [0.15, 0.2) is 0 Å². The Morgan fingerprint density at radius 2 is 2.10 bits per heavy atom. The summed E-state index contributed by atoms with van der Waals surface area (Å²) >= 11 is 6.13. The molecule has 102 valence electrons. The van der Waals surface area contributed by atoms with Gasteiger partial charge in [-0.2, -0.15) is 0 Å². The van der Waals surface area contributed by atoms with Crippen molar-refractivity contribution in [2.24, 2.45) is 0 Å². The molecule has 0 bridgehead atoms. The maximum absolute atomic E-state index is 6.13. The van der Waals surface area contributed by atoms with E-state index >= 15 is 0 Å². The lowest BCUT2D eigenvalue weighted by molar-refractivity contribution is 0.608. The summed E-state index contributed by atoms with van der Waals surface area (Å²) in [7, 11) is 0. The SMILES string of the molecule is Cc1c(Cl)ccc2ccc(NCCn3ccnn3)nc12. The Kier molecular flexibility index (Phi) is 3.52. The van der Waals surface area contributed by atoms with Gasteiger partial charge in [0, 0.05) is 23.2 Å². The molecule has 2 aromatic heterocycles. The zero-order chi connectivity index (χ0) is 13.9. The lowest BCUT2D eigenvalue weighted by atomic mass is 10.1. The molecule has 0 saturated carbocycles. The molecule has 0 aliphatic heterocycles. The second-order valence-corrected chi connectivity index (χ2v) is 4.94. The molecule has 0 fully saturated rings. The zero-order valence-corrected chi connectivity index (χ0v) is 11.8. The van der Waals surface area contributed by atoms with Crippen molar-refractivity contribution in [3.63, 3.8) is 0 Å². The Hall–Kier alpha value is -2.14. The summed E-state index contributed by atoms with van der Waals surface area (Å²) in [6.45, 7) is 3.46. The average molecular weight is 288 g/mol. The first kappa shape index (κ1) is 12.9. The summed E-state index contributed by atoms with van der Waals surface area (Å²) in [5, 5.41) is 12.8. The van der Waals surface area contributed by atoms with Crippen LogP contribution in [0.5, 0.6) is 0 Å². The molecule has 3 rings (SSSR count).